The number of nitrogens with one attached hydrogen (secondary N) is 1. The number of nitrogens with zero attached hydrogens (tertiary/aromatic N) is 4. The average molecular weight is 558 g/mol. The number of aromatic nitrogens is 2. The third-order valence-corrected chi connectivity index (χ3v) is 8.68. The Labute approximate surface area is 245 Å². The lowest BCUT2D eigenvalue weighted by molar-refractivity contribution is -0.125. The molecule has 0 unspecified atom stereocenters. The molecule has 4 aromatic carbocycles. The molecule has 0 aliphatic carbocycles. The highest BCUT2D eigenvalue weighted by Gasteiger charge is 2.50. The Kier molecular flexibility index (Phi) is 6.80. The van der Waals surface area contributed by atoms with Crippen LogP contribution >= 0.6 is 0 Å². The molecule has 2 fully saturated rings. The molecule has 0 radical (unpaired) electrons. The van der Waals surface area contributed by atoms with Crippen LogP contribution < -0.4 is 10.2 Å². The largest absolute Gasteiger partial charge is 0.339 e. The average Bonchev–Trinajstić information content (AvgIpc) is 3.60. The van der Waals surface area contributed by atoms with Gasteiger partial charge in [0.2, 0.25) is 5.91 Å². The van der Waals surface area contributed by atoms with E-state index in [9.17, 15) is 4.79 Å². The number of para-hydroxylation sites is 1. The minimum Gasteiger partial charge on any atom is -0.339 e. The zero-order chi connectivity index (χ0) is 28.5. The topological polar surface area (TPSA) is 53.4 Å². The first-order valence-corrected chi connectivity index (χ1v) is 14.4. The van der Waals surface area contributed by atoms with Crippen LogP contribution in [0.4, 0.5) is 10.1 Å². The first-order valence-electron chi connectivity index (χ1n) is 14.4. The van der Waals surface area contributed by atoms with E-state index in [0.29, 0.717) is 18.8 Å². The van der Waals surface area contributed by atoms with Crippen molar-refractivity contribution < 1.29 is 9.18 Å². The van der Waals surface area contributed by atoms with Crippen LogP contribution in [0.15, 0.2) is 115 Å². The SMILES string of the molecule is O=C1NCN(c2ccccc2)C12CCN(Cc1cnn(-c3ccc(-c4ccccc4)cc3)c1-c1ccccc1F)CC2. The lowest BCUT2D eigenvalue weighted by Crippen LogP contribution is -2.56. The summed E-state index contributed by atoms with van der Waals surface area (Å²) < 4.78 is 17.1. The van der Waals surface area contributed by atoms with E-state index in [1.54, 1.807) is 6.07 Å². The van der Waals surface area contributed by atoms with Crippen LogP contribution in [0.2, 0.25) is 0 Å². The Bertz CT molecular complexity index is 1690. The summed E-state index contributed by atoms with van der Waals surface area (Å²) in [6.07, 6.45) is 3.30. The fourth-order valence-electron chi connectivity index (χ4n) is 6.41. The highest BCUT2D eigenvalue weighted by molar-refractivity contribution is 5.93. The summed E-state index contributed by atoms with van der Waals surface area (Å²) in [5.41, 5.74) is 5.88. The van der Waals surface area contributed by atoms with Gasteiger partial charge in [-0.2, -0.15) is 5.10 Å². The van der Waals surface area contributed by atoms with Crippen LogP contribution in [0, 0.1) is 5.82 Å². The van der Waals surface area contributed by atoms with Gasteiger partial charge in [-0.3, -0.25) is 9.69 Å². The van der Waals surface area contributed by atoms with Gasteiger partial charge in [0, 0.05) is 36.4 Å². The Hall–Kier alpha value is -4.75. The van der Waals surface area contributed by atoms with Gasteiger partial charge >= 0.3 is 0 Å². The third-order valence-electron chi connectivity index (χ3n) is 8.68. The van der Waals surface area contributed by atoms with Gasteiger partial charge in [0.15, 0.2) is 0 Å². The second kappa shape index (κ2) is 10.9. The van der Waals surface area contributed by atoms with Gasteiger partial charge in [-0.15, -0.1) is 0 Å². The van der Waals surface area contributed by atoms with Crippen LogP contribution in [0.1, 0.15) is 18.4 Å². The minimum atomic E-state index is -0.545. The molecule has 42 heavy (non-hydrogen) atoms. The monoisotopic (exact) mass is 557 g/mol. The summed E-state index contributed by atoms with van der Waals surface area (Å²) in [5.74, 6) is -0.176. The van der Waals surface area contributed by atoms with E-state index < -0.39 is 5.54 Å². The fourth-order valence-corrected chi connectivity index (χ4v) is 6.41. The molecule has 7 heteroatoms. The second-order valence-corrected chi connectivity index (χ2v) is 11.1. The molecule has 6 nitrogen and oxygen atoms in total. The lowest BCUT2D eigenvalue weighted by Gasteiger charge is -2.43. The van der Waals surface area contributed by atoms with E-state index in [2.05, 4.69) is 51.5 Å². The van der Waals surface area contributed by atoms with Crippen molar-refractivity contribution in [3.8, 4) is 28.1 Å². The highest BCUT2D eigenvalue weighted by atomic mass is 19.1. The van der Waals surface area contributed by atoms with E-state index >= 15 is 4.39 Å². The van der Waals surface area contributed by atoms with Crippen molar-refractivity contribution in [3.05, 3.63) is 127 Å². The molecule has 1 N–H and O–H groups in total. The number of anilines is 1. The van der Waals surface area contributed by atoms with Crippen molar-refractivity contribution in [2.75, 3.05) is 24.7 Å². The number of halogens is 1. The quantitative estimate of drug-likeness (QED) is 0.267. The molecule has 2 saturated heterocycles. The van der Waals surface area contributed by atoms with Gasteiger partial charge in [-0.1, -0.05) is 72.8 Å². The van der Waals surface area contributed by atoms with E-state index in [1.165, 1.54) is 6.07 Å². The molecule has 0 atom stereocenters. The van der Waals surface area contributed by atoms with Crippen molar-refractivity contribution in [1.82, 2.24) is 20.0 Å². The number of amides is 1. The predicted molar refractivity (Wildman–Crippen MR) is 164 cm³/mol. The van der Waals surface area contributed by atoms with Gasteiger partial charge in [0.1, 0.15) is 11.4 Å². The van der Waals surface area contributed by atoms with Gasteiger partial charge < -0.3 is 10.2 Å². The van der Waals surface area contributed by atoms with Crippen molar-refractivity contribution in [2.45, 2.75) is 24.9 Å². The molecule has 1 spiro atoms. The number of hydrogen-bond donors (Lipinski definition) is 1. The predicted octanol–water partition coefficient (Wildman–Crippen LogP) is 6.27. The van der Waals surface area contributed by atoms with E-state index in [1.807, 2.05) is 71.5 Å². The van der Waals surface area contributed by atoms with Crippen LogP contribution in [0.5, 0.6) is 0 Å². The minimum absolute atomic E-state index is 0.102. The van der Waals surface area contributed by atoms with Gasteiger partial charge in [0.05, 0.1) is 24.2 Å². The third kappa shape index (κ3) is 4.65. The normalized spacial score (nSPS) is 16.6. The molecule has 7 rings (SSSR count). The summed E-state index contributed by atoms with van der Waals surface area (Å²) in [4.78, 5) is 17.7. The molecule has 5 aromatic rings. The fraction of sp³-hybridized carbons (Fsp3) is 0.200. The van der Waals surface area contributed by atoms with Crippen LogP contribution in [-0.2, 0) is 11.3 Å². The number of carbonyl (C=O) groups excluding carboxylic acids is 1. The van der Waals surface area contributed by atoms with Crippen molar-refractivity contribution in [2.24, 2.45) is 0 Å². The second-order valence-electron chi connectivity index (χ2n) is 11.1. The van der Waals surface area contributed by atoms with E-state index in [0.717, 1.165) is 59.7 Å². The number of likely N-dealkylation sites (tertiary alicyclic amines) is 1. The van der Waals surface area contributed by atoms with Crippen molar-refractivity contribution >= 4 is 11.6 Å². The first kappa shape index (κ1) is 26.2. The molecular formula is C35H32FN5O. The molecule has 2 aliphatic heterocycles. The Morgan fingerprint density at radius 3 is 2.12 bits per heavy atom. The number of benzene rings is 4. The molecule has 2 aliphatic rings. The molecule has 3 heterocycles. The maximum atomic E-state index is 15.2. The number of hydrogen-bond acceptors (Lipinski definition) is 4. The van der Waals surface area contributed by atoms with E-state index in [-0.39, 0.29) is 11.7 Å². The first-order chi connectivity index (χ1) is 20.6. The van der Waals surface area contributed by atoms with Crippen LogP contribution in [0.3, 0.4) is 0 Å². The van der Waals surface area contributed by atoms with Gasteiger partial charge in [-0.05, 0) is 60.4 Å². The van der Waals surface area contributed by atoms with Gasteiger partial charge in [-0.25, -0.2) is 9.07 Å². The van der Waals surface area contributed by atoms with Crippen LogP contribution in [0.25, 0.3) is 28.1 Å². The van der Waals surface area contributed by atoms with E-state index in [4.69, 9.17) is 5.10 Å². The maximum absolute atomic E-state index is 15.2. The highest BCUT2D eigenvalue weighted by Crippen LogP contribution is 2.37. The summed E-state index contributed by atoms with van der Waals surface area (Å²) in [6, 6.07) is 35.5. The van der Waals surface area contributed by atoms with Crippen molar-refractivity contribution in [1.29, 1.82) is 0 Å². The zero-order valence-corrected chi connectivity index (χ0v) is 23.3. The Balaban J connectivity index is 1.16. The van der Waals surface area contributed by atoms with Crippen molar-refractivity contribution in [3.63, 3.8) is 0 Å². The molecule has 0 saturated carbocycles. The van der Waals surface area contributed by atoms with Gasteiger partial charge in [0.25, 0.3) is 0 Å². The number of rotatable bonds is 6. The molecule has 0 bridgehead atoms. The standard InChI is InChI=1S/C35H32FN5O/c36-32-14-8-7-13-31(32)33-28(23-38-41(33)30-17-15-27(16-18-30)26-9-3-1-4-10-26)24-39-21-19-35(20-22-39)34(42)37-25-40(35)29-11-5-2-6-12-29/h1-18,23H,19-22,24-25H2,(H,37,42). The molecule has 210 valence electrons. The summed E-state index contributed by atoms with van der Waals surface area (Å²) in [6.45, 7) is 2.65. The smallest absolute Gasteiger partial charge is 0.247 e. The Morgan fingerprint density at radius 2 is 1.40 bits per heavy atom. The molecular weight excluding hydrogens is 525 g/mol. The summed E-state index contributed by atoms with van der Waals surface area (Å²) in [7, 11) is 0. The lowest BCUT2D eigenvalue weighted by atomic mass is 9.85. The summed E-state index contributed by atoms with van der Waals surface area (Å²) >= 11 is 0. The maximum Gasteiger partial charge on any atom is 0.247 e. The number of carbonyl (C=O) groups is 1. The summed E-state index contributed by atoms with van der Waals surface area (Å²) in [5, 5.41) is 7.84. The molecule has 1 amide bonds. The zero-order valence-electron chi connectivity index (χ0n) is 23.3. The Morgan fingerprint density at radius 1 is 0.762 bits per heavy atom. The van der Waals surface area contributed by atoms with Crippen LogP contribution in [-0.4, -0.2) is 45.9 Å². The molecule has 1 aromatic heterocycles. The number of piperidine rings is 1.